The topological polar surface area (TPSA) is 42.7 Å². The highest BCUT2D eigenvalue weighted by molar-refractivity contribution is 5.80. The number of nitrogens with zero attached hydrogens (tertiary/aromatic N) is 1. The summed E-state index contributed by atoms with van der Waals surface area (Å²) in [5.74, 6) is 0.875. The van der Waals surface area contributed by atoms with Gasteiger partial charge in [-0.1, -0.05) is 29.8 Å². The van der Waals surface area contributed by atoms with Gasteiger partial charge in [-0.25, -0.2) is 4.79 Å². The molecule has 0 unspecified atom stereocenters. The molecule has 0 N–H and O–H groups in total. The molecule has 0 saturated heterocycles. The van der Waals surface area contributed by atoms with Crippen molar-refractivity contribution in [3.05, 3.63) is 75.6 Å². The number of hydrogen-bond donors (Lipinski definition) is 0. The Balaban J connectivity index is 1.64. The Hall–Kier alpha value is -2.59. The SMILES string of the molecule is Cc1ccc(OCCN(C)Cc2cc(=O)oc3cc(C)ccc23)cc1. The van der Waals surface area contributed by atoms with Gasteiger partial charge in [0.05, 0.1) is 0 Å². The lowest BCUT2D eigenvalue weighted by atomic mass is 10.1. The van der Waals surface area contributed by atoms with E-state index in [2.05, 4.69) is 11.8 Å². The van der Waals surface area contributed by atoms with Crippen LogP contribution >= 0.6 is 0 Å². The van der Waals surface area contributed by atoms with Crippen LogP contribution in [0.4, 0.5) is 0 Å². The van der Waals surface area contributed by atoms with Crippen molar-refractivity contribution in [2.45, 2.75) is 20.4 Å². The van der Waals surface area contributed by atoms with Crippen LogP contribution in [0.5, 0.6) is 5.75 Å². The van der Waals surface area contributed by atoms with Crippen LogP contribution in [0.2, 0.25) is 0 Å². The summed E-state index contributed by atoms with van der Waals surface area (Å²) in [4.78, 5) is 14.0. The van der Waals surface area contributed by atoms with E-state index < -0.39 is 0 Å². The Labute approximate surface area is 147 Å². The molecule has 0 radical (unpaired) electrons. The highest BCUT2D eigenvalue weighted by Crippen LogP contribution is 2.19. The summed E-state index contributed by atoms with van der Waals surface area (Å²) in [5, 5.41) is 0.983. The van der Waals surface area contributed by atoms with Crippen LogP contribution < -0.4 is 10.4 Å². The van der Waals surface area contributed by atoms with E-state index in [1.54, 1.807) is 6.07 Å². The predicted octanol–water partition coefficient (Wildman–Crippen LogP) is 3.92. The van der Waals surface area contributed by atoms with Crippen LogP contribution in [0.3, 0.4) is 0 Å². The maximum Gasteiger partial charge on any atom is 0.336 e. The number of rotatable bonds is 6. The highest BCUT2D eigenvalue weighted by atomic mass is 16.5. The van der Waals surface area contributed by atoms with Crippen LogP contribution in [-0.4, -0.2) is 25.1 Å². The molecule has 3 aromatic rings. The number of aryl methyl sites for hydroxylation is 2. The van der Waals surface area contributed by atoms with Crippen molar-refractivity contribution < 1.29 is 9.15 Å². The smallest absolute Gasteiger partial charge is 0.336 e. The van der Waals surface area contributed by atoms with E-state index in [9.17, 15) is 4.79 Å². The summed E-state index contributed by atoms with van der Waals surface area (Å²) in [6.45, 7) is 6.07. The van der Waals surface area contributed by atoms with Gasteiger partial charge < -0.3 is 9.15 Å². The first-order valence-corrected chi connectivity index (χ1v) is 8.43. The van der Waals surface area contributed by atoms with Crippen LogP contribution in [0.1, 0.15) is 16.7 Å². The number of hydrogen-bond acceptors (Lipinski definition) is 4. The zero-order valence-corrected chi connectivity index (χ0v) is 14.9. The van der Waals surface area contributed by atoms with Crippen molar-refractivity contribution in [1.82, 2.24) is 4.90 Å². The van der Waals surface area contributed by atoms with Gasteiger partial charge >= 0.3 is 5.63 Å². The molecule has 3 rings (SSSR count). The van der Waals surface area contributed by atoms with Gasteiger partial charge in [0.15, 0.2) is 0 Å². The standard InChI is InChI=1S/C21H23NO3/c1-15-4-7-18(8-5-15)24-11-10-22(3)14-17-13-21(23)25-20-12-16(2)6-9-19(17)20/h4-9,12-13H,10-11,14H2,1-3H3. The molecule has 1 aromatic heterocycles. The zero-order chi connectivity index (χ0) is 17.8. The number of fused-ring (bicyclic) bond motifs is 1. The molecular weight excluding hydrogens is 314 g/mol. The second kappa shape index (κ2) is 7.53. The zero-order valence-electron chi connectivity index (χ0n) is 14.9. The van der Waals surface area contributed by atoms with Gasteiger partial charge in [-0.3, -0.25) is 4.90 Å². The molecule has 0 aliphatic rings. The second-order valence-electron chi connectivity index (χ2n) is 6.49. The molecule has 0 amide bonds. The summed E-state index contributed by atoms with van der Waals surface area (Å²) < 4.78 is 11.1. The third kappa shape index (κ3) is 4.48. The third-order valence-electron chi connectivity index (χ3n) is 4.19. The lowest BCUT2D eigenvalue weighted by Crippen LogP contribution is -2.24. The van der Waals surface area contributed by atoms with Crippen molar-refractivity contribution in [2.75, 3.05) is 20.2 Å². The molecule has 25 heavy (non-hydrogen) atoms. The molecule has 0 spiro atoms. The molecular formula is C21H23NO3. The van der Waals surface area contributed by atoms with Gasteiger partial charge in [-0.05, 0) is 50.2 Å². The molecule has 0 saturated carbocycles. The van der Waals surface area contributed by atoms with E-state index in [4.69, 9.17) is 9.15 Å². The minimum atomic E-state index is -0.308. The van der Waals surface area contributed by atoms with Crippen LogP contribution in [0.25, 0.3) is 11.0 Å². The quantitative estimate of drug-likeness (QED) is 0.639. The van der Waals surface area contributed by atoms with E-state index in [-0.39, 0.29) is 5.63 Å². The molecule has 0 fully saturated rings. The van der Waals surface area contributed by atoms with E-state index in [1.165, 1.54) is 5.56 Å². The van der Waals surface area contributed by atoms with E-state index in [0.717, 1.165) is 28.8 Å². The number of benzene rings is 2. The average Bonchev–Trinajstić information content (AvgIpc) is 2.56. The van der Waals surface area contributed by atoms with Crippen molar-refractivity contribution in [1.29, 1.82) is 0 Å². The summed E-state index contributed by atoms with van der Waals surface area (Å²) in [6, 6.07) is 15.6. The molecule has 130 valence electrons. The van der Waals surface area contributed by atoms with Crippen LogP contribution in [0.15, 0.2) is 57.7 Å². The largest absolute Gasteiger partial charge is 0.492 e. The van der Waals surface area contributed by atoms with Crippen LogP contribution in [0, 0.1) is 13.8 Å². The monoisotopic (exact) mass is 337 g/mol. The Morgan fingerprint density at radius 3 is 2.48 bits per heavy atom. The fourth-order valence-corrected chi connectivity index (χ4v) is 2.79. The molecule has 0 aliphatic carbocycles. The molecule has 2 aromatic carbocycles. The number of likely N-dealkylation sites (N-methyl/N-ethyl adjacent to an activating group) is 1. The normalized spacial score (nSPS) is 11.2. The summed E-state index contributed by atoms with van der Waals surface area (Å²) in [5.41, 5.74) is 3.61. The average molecular weight is 337 g/mol. The summed E-state index contributed by atoms with van der Waals surface area (Å²) in [6.07, 6.45) is 0. The van der Waals surface area contributed by atoms with Gasteiger partial charge in [-0.2, -0.15) is 0 Å². The molecule has 0 aliphatic heterocycles. The summed E-state index contributed by atoms with van der Waals surface area (Å²) >= 11 is 0. The van der Waals surface area contributed by atoms with Gasteiger partial charge in [0.2, 0.25) is 0 Å². The third-order valence-corrected chi connectivity index (χ3v) is 4.19. The van der Waals surface area contributed by atoms with Gasteiger partial charge in [0, 0.05) is 24.5 Å². The van der Waals surface area contributed by atoms with Crippen molar-refractivity contribution in [3.63, 3.8) is 0 Å². The Morgan fingerprint density at radius 2 is 1.72 bits per heavy atom. The van der Waals surface area contributed by atoms with Crippen molar-refractivity contribution >= 4 is 11.0 Å². The first-order valence-electron chi connectivity index (χ1n) is 8.43. The van der Waals surface area contributed by atoms with Crippen molar-refractivity contribution in [3.8, 4) is 5.75 Å². The van der Waals surface area contributed by atoms with Crippen molar-refractivity contribution in [2.24, 2.45) is 0 Å². The number of ether oxygens (including phenoxy) is 1. The molecule has 4 nitrogen and oxygen atoms in total. The fraction of sp³-hybridized carbons (Fsp3) is 0.286. The van der Waals surface area contributed by atoms with Gasteiger partial charge in [-0.15, -0.1) is 0 Å². The Morgan fingerprint density at radius 1 is 1.00 bits per heavy atom. The molecule has 0 bridgehead atoms. The Kier molecular flexibility index (Phi) is 5.19. The minimum absolute atomic E-state index is 0.308. The second-order valence-corrected chi connectivity index (χ2v) is 6.49. The van der Waals surface area contributed by atoms with Gasteiger partial charge in [0.1, 0.15) is 17.9 Å². The first kappa shape index (κ1) is 17.2. The predicted molar refractivity (Wildman–Crippen MR) is 100 cm³/mol. The first-order chi connectivity index (χ1) is 12.0. The van der Waals surface area contributed by atoms with Crippen LogP contribution in [-0.2, 0) is 6.54 Å². The minimum Gasteiger partial charge on any atom is -0.492 e. The van der Waals surface area contributed by atoms with E-state index >= 15 is 0 Å². The molecule has 1 heterocycles. The van der Waals surface area contributed by atoms with E-state index in [1.807, 2.05) is 56.4 Å². The molecule has 0 atom stereocenters. The van der Waals surface area contributed by atoms with Gasteiger partial charge in [0.25, 0.3) is 0 Å². The van der Waals surface area contributed by atoms with E-state index in [0.29, 0.717) is 18.7 Å². The lowest BCUT2D eigenvalue weighted by Gasteiger charge is -2.18. The molecule has 4 heteroatoms. The lowest BCUT2D eigenvalue weighted by molar-refractivity contribution is 0.233. The fourth-order valence-electron chi connectivity index (χ4n) is 2.79. The maximum absolute atomic E-state index is 11.8. The highest BCUT2D eigenvalue weighted by Gasteiger charge is 2.08. The Bertz CT molecular complexity index is 913. The maximum atomic E-state index is 11.8. The summed E-state index contributed by atoms with van der Waals surface area (Å²) in [7, 11) is 2.02.